The summed E-state index contributed by atoms with van der Waals surface area (Å²) in [6.45, 7) is 4.08. The fourth-order valence-corrected chi connectivity index (χ4v) is 0.516. The van der Waals surface area contributed by atoms with Crippen LogP contribution in [0.1, 0.15) is 26.7 Å². The quantitative estimate of drug-likeness (QED) is 0.430. The molecule has 0 aromatic carbocycles. The third-order valence-electron chi connectivity index (χ3n) is 1.48. The van der Waals surface area contributed by atoms with Crippen LogP contribution in [-0.4, -0.2) is 0 Å². The first-order chi connectivity index (χ1) is 4.33. The Morgan fingerprint density at radius 1 is 1.56 bits per heavy atom. The van der Waals surface area contributed by atoms with Crippen LogP contribution >= 0.6 is 0 Å². The van der Waals surface area contributed by atoms with Gasteiger partial charge < -0.3 is 0 Å². The molecule has 0 nitrogen and oxygen atoms in total. The van der Waals surface area contributed by atoms with Gasteiger partial charge in [0.15, 0.2) is 0 Å². The smallest absolute Gasteiger partial charge is 0.0207 e. The second-order valence-corrected chi connectivity index (χ2v) is 2.52. The molecule has 0 heterocycles. The number of hydrogen-bond donors (Lipinski definition) is 0. The van der Waals surface area contributed by atoms with Crippen LogP contribution in [0.15, 0.2) is 11.6 Å². The maximum Gasteiger partial charge on any atom is 0.0207 e. The molecule has 1 aliphatic rings. The van der Waals surface area contributed by atoms with E-state index in [9.17, 15) is 0 Å². The Hall–Kier alpha value is -0.700. The molecule has 0 radical (unpaired) electrons. The van der Waals surface area contributed by atoms with Crippen molar-refractivity contribution in [3.63, 3.8) is 0 Å². The van der Waals surface area contributed by atoms with E-state index in [1.807, 2.05) is 6.92 Å². The molecular weight excluding hydrogens is 108 g/mol. The lowest BCUT2D eigenvalue weighted by molar-refractivity contribution is 1.18. The molecule has 0 spiro atoms. The van der Waals surface area contributed by atoms with E-state index in [0.29, 0.717) is 0 Å². The summed E-state index contributed by atoms with van der Waals surface area (Å²) in [6.07, 6.45) is 4.70. The summed E-state index contributed by atoms with van der Waals surface area (Å²) in [5.74, 6) is 7.03. The highest BCUT2D eigenvalue weighted by atomic mass is 14.2. The van der Waals surface area contributed by atoms with Crippen molar-refractivity contribution >= 4 is 0 Å². The maximum absolute atomic E-state index is 3.19. The molecular formula is C9H12. The van der Waals surface area contributed by atoms with Crippen molar-refractivity contribution in [2.24, 2.45) is 5.92 Å². The van der Waals surface area contributed by atoms with E-state index in [1.165, 1.54) is 18.4 Å². The van der Waals surface area contributed by atoms with Gasteiger partial charge in [-0.15, -0.1) is 0 Å². The molecule has 0 unspecified atom stereocenters. The van der Waals surface area contributed by atoms with Crippen LogP contribution in [0.25, 0.3) is 0 Å². The Morgan fingerprint density at radius 2 is 2.22 bits per heavy atom. The first-order valence-electron chi connectivity index (χ1n) is 3.47. The Bertz CT molecular complexity index is 172. The van der Waals surface area contributed by atoms with Crippen LogP contribution in [-0.2, 0) is 0 Å². The summed E-state index contributed by atoms with van der Waals surface area (Å²) in [7, 11) is 0. The number of allylic oxidation sites excluding steroid dienone is 2. The largest absolute Gasteiger partial charge is 0.0948 e. The van der Waals surface area contributed by atoms with E-state index >= 15 is 0 Å². The van der Waals surface area contributed by atoms with Gasteiger partial charge in [-0.2, -0.15) is 0 Å². The molecule has 1 rings (SSSR count). The van der Waals surface area contributed by atoms with E-state index in [-0.39, 0.29) is 0 Å². The Labute approximate surface area is 57.0 Å². The number of hydrogen-bond acceptors (Lipinski definition) is 0. The van der Waals surface area contributed by atoms with Gasteiger partial charge in [0.05, 0.1) is 0 Å². The van der Waals surface area contributed by atoms with Crippen molar-refractivity contribution in [1.29, 1.82) is 0 Å². The molecule has 0 amide bonds. The van der Waals surface area contributed by atoms with E-state index < -0.39 is 0 Å². The lowest BCUT2D eigenvalue weighted by Gasteiger charge is -1.79. The van der Waals surface area contributed by atoms with Crippen molar-refractivity contribution < 1.29 is 0 Å². The fraction of sp³-hybridized carbons (Fsp3) is 0.556. The molecule has 0 heteroatoms. The summed E-state index contributed by atoms with van der Waals surface area (Å²) in [6, 6.07) is 0. The van der Waals surface area contributed by atoms with Crippen LogP contribution in [0, 0.1) is 17.8 Å². The highest BCUT2D eigenvalue weighted by molar-refractivity contribution is 5.27. The van der Waals surface area contributed by atoms with Crippen molar-refractivity contribution in [2.75, 3.05) is 0 Å². The minimum atomic E-state index is 0.736. The lowest BCUT2D eigenvalue weighted by Crippen LogP contribution is -1.67. The third kappa shape index (κ3) is 2.37. The summed E-state index contributed by atoms with van der Waals surface area (Å²) in [4.78, 5) is 0. The van der Waals surface area contributed by atoms with Crippen molar-refractivity contribution in [2.45, 2.75) is 26.7 Å². The fourth-order valence-electron chi connectivity index (χ4n) is 0.516. The van der Waals surface area contributed by atoms with Gasteiger partial charge in [-0.05, 0) is 32.3 Å². The van der Waals surface area contributed by atoms with E-state index in [1.54, 1.807) is 0 Å². The Balaban J connectivity index is 2.39. The highest BCUT2D eigenvalue weighted by Gasteiger charge is 2.17. The Kier molecular flexibility index (Phi) is 1.95. The van der Waals surface area contributed by atoms with Crippen molar-refractivity contribution in [3.8, 4) is 11.8 Å². The zero-order chi connectivity index (χ0) is 6.69. The minimum absolute atomic E-state index is 0.736. The molecule has 48 valence electrons. The van der Waals surface area contributed by atoms with Crippen molar-refractivity contribution in [1.82, 2.24) is 0 Å². The summed E-state index contributed by atoms with van der Waals surface area (Å²) < 4.78 is 0. The minimum Gasteiger partial charge on any atom is -0.0948 e. The molecule has 1 aliphatic carbocycles. The van der Waals surface area contributed by atoms with Crippen LogP contribution in [0.5, 0.6) is 0 Å². The van der Waals surface area contributed by atoms with Gasteiger partial charge in [0, 0.05) is 5.92 Å². The zero-order valence-electron chi connectivity index (χ0n) is 6.07. The summed E-state index contributed by atoms with van der Waals surface area (Å²) in [5.41, 5.74) is 1.20. The van der Waals surface area contributed by atoms with Gasteiger partial charge in [0.2, 0.25) is 0 Å². The summed E-state index contributed by atoms with van der Waals surface area (Å²) in [5, 5.41) is 0. The van der Waals surface area contributed by atoms with Gasteiger partial charge in [0.1, 0.15) is 0 Å². The van der Waals surface area contributed by atoms with Crippen molar-refractivity contribution in [3.05, 3.63) is 11.6 Å². The van der Waals surface area contributed by atoms with Gasteiger partial charge >= 0.3 is 0 Å². The van der Waals surface area contributed by atoms with Crippen LogP contribution < -0.4 is 0 Å². The first kappa shape index (κ1) is 6.42. The molecule has 1 fully saturated rings. The molecule has 0 bridgehead atoms. The normalized spacial score (nSPS) is 18.7. The SMILES string of the molecule is CC=C(C)C#CC1CC1. The van der Waals surface area contributed by atoms with Gasteiger partial charge in [-0.3, -0.25) is 0 Å². The average molecular weight is 120 g/mol. The van der Waals surface area contributed by atoms with Gasteiger partial charge in [-0.1, -0.05) is 17.9 Å². The predicted octanol–water partition coefficient (Wildman–Crippen LogP) is 2.37. The maximum atomic E-state index is 3.19. The molecule has 0 saturated heterocycles. The predicted molar refractivity (Wildman–Crippen MR) is 39.9 cm³/mol. The molecule has 0 aliphatic heterocycles. The molecule has 9 heavy (non-hydrogen) atoms. The standard InChI is InChI=1S/C9H12/c1-3-8(2)4-5-9-6-7-9/h3,9H,6-7H2,1-2H3. The van der Waals surface area contributed by atoms with E-state index in [4.69, 9.17) is 0 Å². The second-order valence-electron chi connectivity index (χ2n) is 2.52. The monoisotopic (exact) mass is 120 g/mol. The molecule has 0 aromatic rings. The van der Waals surface area contributed by atoms with Crippen LogP contribution in [0.3, 0.4) is 0 Å². The van der Waals surface area contributed by atoms with E-state index in [0.717, 1.165) is 5.92 Å². The second kappa shape index (κ2) is 2.73. The highest BCUT2D eigenvalue weighted by Crippen LogP contribution is 2.27. The topological polar surface area (TPSA) is 0 Å². The third-order valence-corrected chi connectivity index (χ3v) is 1.48. The van der Waals surface area contributed by atoms with Gasteiger partial charge in [0.25, 0.3) is 0 Å². The lowest BCUT2D eigenvalue weighted by atomic mass is 10.3. The first-order valence-corrected chi connectivity index (χ1v) is 3.47. The number of rotatable bonds is 0. The Morgan fingerprint density at radius 3 is 2.67 bits per heavy atom. The summed E-state index contributed by atoms with van der Waals surface area (Å²) >= 11 is 0. The van der Waals surface area contributed by atoms with Crippen LogP contribution in [0.4, 0.5) is 0 Å². The molecule has 0 N–H and O–H groups in total. The van der Waals surface area contributed by atoms with E-state index in [2.05, 4.69) is 24.8 Å². The molecule has 1 saturated carbocycles. The molecule has 0 aromatic heterocycles. The van der Waals surface area contributed by atoms with Crippen LogP contribution in [0.2, 0.25) is 0 Å². The molecule has 0 atom stereocenters. The average Bonchev–Trinajstić information content (AvgIpc) is 2.65. The van der Waals surface area contributed by atoms with Gasteiger partial charge in [-0.25, -0.2) is 0 Å². The zero-order valence-corrected chi connectivity index (χ0v) is 6.07.